The van der Waals surface area contributed by atoms with Crippen molar-refractivity contribution in [3.05, 3.63) is 59.2 Å². The Kier molecular flexibility index (Phi) is 7.80. The van der Waals surface area contributed by atoms with Gasteiger partial charge >= 0.3 is 5.97 Å². The van der Waals surface area contributed by atoms with Gasteiger partial charge in [-0.1, -0.05) is 13.0 Å². The van der Waals surface area contributed by atoms with Crippen molar-refractivity contribution in [2.75, 3.05) is 26.1 Å². The molecule has 0 aliphatic rings. The van der Waals surface area contributed by atoms with E-state index in [-0.39, 0.29) is 5.57 Å². The summed E-state index contributed by atoms with van der Waals surface area (Å²) in [5.74, 6) is 0.0767. The fourth-order valence-electron chi connectivity index (χ4n) is 2.43. The number of methoxy groups -OCH3 is 2. The van der Waals surface area contributed by atoms with Gasteiger partial charge < -0.3 is 19.5 Å². The first-order valence-electron chi connectivity index (χ1n) is 8.94. The summed E-state index contributed by atoms with van der Waals surface area (Å²) in [6.07, 6.45) is 2.33. The summed E-state index contributed by atoms with van der Waals surface area (Å²) < 4.78 is 15.6. The molecule has 0 unspecified atom stereocenters. The van der Waals surface area contributed by atoms with E-state index in [0.717, 1.165) is 6.42 Å². The first-order chi connectivity index (χ1) is 14.0. The Morgan fingerprint density at radius 1 is 1.10 bits per heavy atom. The normalized spacial score (nSPS) is 10.6. The topological polar surface area (TPSA) is 97.7 Å². The molecule has 1 N–H and O–H groups in total. The van der Waals surface area contributed by atoms with E-state index in [4.69, 9.17) is 9.47 Å². The summed E-state index contributed by atoms with van der Waals surface area (Å²) in [5.41, 5.74) is 1.36. The minimum absolute atomic E-state index is 0.0775. The predicted molar refractivity (Wildman–Crippen MR) is 109 cm³/mol. The predicted octanol–water partition coefficient (Wildman–Crippen LogP) is 3.82. The van der Waals surface area contributed by atoms with E-state index in [1.807, 2.05) is 13.0 Å². The molecule has 0 aliphatic carbocycles. The molecule has 7 heteroatoms. The number of nitrogens with one attached hydrogen (secondary N) is 1. The lowest BCUT2D eigenvalue weighted by atomic mass is 10.1. The lowest BCUT2D eigenvalue weighted by Gasteiger charge is -2.10. The van der Waals surface area contributed by atoms with Crippen LogP contribution in [0.1, 0.15) is 29.3 Å². The zero-order valence-corrected chi connectivity index (χ0v) is 16.5. The van der Waals surface area contributed by atoms with Crippen molar-refractivity contribution >= 4 is 23.6 Å². The van der Waals surface area contributed by atoms with Gasteiger partial charge in [-0.05, 0) is 54.5 Å². The molecular weight excluding hydrogens is 372 g/mol. The minimum Gasteiger partial charge on any atom is -0.493 e. The van der Waals surface area contributed by atoms with Crippen molar-refractivity contribution < 1.29 is 23.8 Å². The van der Waals surface area contributed by atoms with E-state index in [0.29, 0.717) is 34.9 Å². The molecule has 0 aromatic heterocycles. The second-order valence-corrected chi connectivity index (χ2v) is 5.95. The molecule has 0 saturated carbocycles. The lowest BCUT2D eigenvalue weighted by molar-refractivity contribution is -0.112. The lowest BCUT2D eigenvalue weighted by Crippen LogP contribution is -2.13. The fourth-order valence-corrected chi connectivity index (χ4v) is 2.43. The molecule has 29 heavy (non-hydrogen) atoms. The Morgan fingerprint density at radius 3 is 2.41 bits per heavy atom. The number of hydrogen-bond acceptors (Lipinski definition) is 6. The summed E-state index contributed by atoms with van der Waals surface area (Å²) in [5, 5.41) is 12.0. The molecule has 2 rings (SSSR count). The maximum absolute atomic E-state index is 12.4. The number of esters is 1. The van der Waals surface area contributed by atoms with Crippen LogP contribution in [0.4, 0.5) is 5.69 Å². The van der Waals surface area contributed by atoms with Crippen LogP contribution in [0.25, 0.3) is 6.08 Å². The number of nitrogens with zero attached hydrogens (tertiary/aromatic N) is 1. The number of amides is 1. The maximum Gasteiger partial charge on any atom is 0.337 e. The summed E-state index contributed by atoms with van der Waals surface area (Å²) in [6.45, 7) is 2.57. The molecule has 0 heterocycles. The molecule has 2 aromatic rings. The zero-order chi connectivity index (χ0) is 21.2. The molecule has 150 valence electrons. The molecule has 0 spiro atoms. The van der Waals surface area contributed by atoms with Crippen LogP contribution in [0, 0.1) is 11.3 Å². The van der Waals surface area contributed by atoms with Crippen LogP contribution < -0.4 is 14.8 Å². The summed E-state index contributed by atoms with van der Waals surface area (Å²) in [6, 6.07) is 13.2. The number of nitriles is 1. The second kappa shape index (κ2) is 10.5. The van der Waals surface area contributed by atoms with Gasteiger partial charge in [-0.15, -0.1) is 0 Å². The highest BCUT2D eigenvalue weighted by Gasteiger charge is 2.12. The van der Waals surface area contributed by atoms with Crippen molar-refractivity contribution in [2.45, 2.75) is 13.3 Å². The monoisotopic (exact) mass is 394 g/mol. The largest absolute Gasteiger partial charge is 0.493 e. The quantitative estimate of drug-likeness (QED) is 0.415. The fraction of sp³-hybridized carbons (Fsp3) is 0.227. The number of hydrogen-bond donors (Lipinski definition) is 1. The zero-order valence-electron chi connectivity index (χ0n) is 16.5. The van der Waals surface area contributed by atoms with Gasteiger partial charge in [0, 0.05) is 5.69 Å². The molecule has 0 bridgehead atoms. The SMILES string of the molecule is CCCOc1ccc(/C=C(\C#N)C(=O)Nc2ccc(C(=O)OC)cc2)cc1OC. The molecule has 2 aromatic carbocycles. The van der Waals surface area contributed by atoms with Crippen molar-refractivity contribution in [2.24, 2.45) is 0 Å². The Labute approximate surface area is 169 Å². The Morgan fingerprint density at radius 2 is 1.83 bits per heavy atom. The second-order valence-electron chi connectivity index (χ2n) is 5.95. The average Bonchev–Trinajstić information content (AvgIpc) is 2.76. The Bertz CT molecular complexity index is 943. The summed E-state index contributed by atoms with van der Waals surface area (Å²) >= 11 is 0. The number of benzene rings is 2. The minimum atomic E-state index is -0.566. The van der Waals surface area contributed by atoms with Gasteiger partial charge in [0.2, 0.25) is 0 Å². The van der Waals surface area contributed by atoms with E-state index in [1.165, 1.54) is 32.4 Å². The Balaban J connectivity index is 2.17. The third kappa shape index (κ3) is 5.84. The molecule has 0 saturated heterocycles. The molecular formula is C22H22N2O5. The van der Waals surface area contributed by atoms with E-state index in [9.17, 15) is 14.9 Å². The first-order valence-corrected chi connectivity index (χ1v) is 8.94. The van der Waals surface area contributed by atoms with Crippen molar-refractivity contribution in [1.29, 1.82) is 5.26 Å². The van der Waals surface area contributed by atoms with E-state index < -0.39 is 11.9 Å². The van der Waals surface area contributed by atoms with E-state index in [1.54, 1.807) is 30.3 Å². The number of rotatable bonds is 8. The van der Waals surface area contributed by atoms with Crippen LogP contribution in [0.15, 0.2) is 48.0 Å². The van der Waals surface area contributed by atoms with Crippen LogP contribution in [0.2, 0.25) is 0 Å². The number of anilines is 1. The van der Waals surface area contributed by atoms with E-state index in [2.05, 4.69) is 10.1 Å². The van der Waals surface area contributed by atoms with Gasteiger partial charge in [0.15, 0.2) is 11.5 Å². The van der Waals surface area contributed by atoms with Gasteiger partial charge in [-0.25, -0.2) is 4.79 Å². The number of ether oxygens (including phenoxy) is 3. The smallest absolute Gasteiger partial charge is 0.337 e. The maximum atomic E-state index is 12.4. The van der Waals surface area contributed by atoms with Gasteiger partial charge in [-0.2, -0.15) is 5.26 Å². The molecule has 0 atom stereocenters. The highest BCUT2D eigenvalue weighted by molar-refractivity contribution is 6.09. The van der Waals surface area contributed by atoms with Gasteiger partial charge in [-0.3, -0.25) is 4.79 Å². The third-order valence-corrected chi connectivity index (χ3v) is 3.89. The average molecular weight is 394 g/mol. The standard InChI is InChI=1S/C22H22N2O5/c1-4-11-29-19-10-5-15(13-20(19)27-2)12-17(14-23)21(25)24-18-8-6-16(7-9-18)22(26)28-3/h5-10,12-13H,4,11H2,1-3H3,(H,24,25)/b17-12+. The number of carbonyl (C=O) groups excluding carboxylic acids is 2. The summed E-state index contributed by atoms with van der Waals surface area (Å²) in [4.78, 5) is 23.9. The number of carbonyl (C=O) groups is 2. The molecule has 0 radical (unpaired) electrons. The van der Waals surface area contributed by atoms with Gasteiger partial charge in [0.05, 0.1) is 26.4 Å². The first kappa shape index (κ1) is 21.5. The van der Waals surface area contributed by atoms with Gasteiger partial charge in [0.25, 0.3) is 5.91 Å². The van der Waals surface area contributed by atoms with Crippen molar-refractivity contribution in [3.63, 3.8) is 0 Å². The van der Waals surface area contributed by atoms with Crippen LogP contribution >= 0.6 is 0 Å². The Hall–Kier alpha value is -3.79. The molecule has 0 aliphatic heterocycles. The molecule has 1 amide bonds. The van der Waals surface area contributed by atoms with E-state index >= 15 is 0 Å². The van der Waals surface area contributed by atoms with Crippen LogP contribution in [0.5, 0.6) is 11.5 Å². The van der Waals surface area contributed by atoms with Crippen molar-refractivity contribution in [1.82, 2.24) is 0 Å². The van der Waals surface area contributed by atoms with Gasteiger partial charge in [0.1, 0.15) is 11.6 Å². The van der Waals surface area contributed by atoms with Crippen LogP contribution in [-0.2, 0) is 9.53 Å². The highest BCUT2D eigenvalue weighted by Crippen LogP contribution is 2.29. The summed E-state index contributed by atoms with van der Waals surface area (Å²) in [7, 11) is 2.82. The van der Waals surface area contributed by atoms with Crippen molar-refractivity contribution in [3.8, 4) is 17.6 Å². The van der Waals surface area contributed by atoms with Crippen LogP contribution in [0.3, 0.4) is 0 Å². The third-order valence-electron chi connectivity index (χ3n) is 3.89. The molecule has 0 fully saturated rings. The molecule has 7 nitrogen and oxygen atoms in total. The highest BCUT2D eigenvalue weighted by atomic mass is 16.5. The van der Waals surface area contributed by atoms with Crippen LogP contribution in [-0.4, -0.2) is 32.7 Å².